The zero-order valence-electron chi connectivity index (χ0n) is 9.17. The smallest absolute Gasteiger partial charge is 0.295 e. The zero-order valence-corrected chi connectivity index (χ0v) is 9.17. The van der Waals surface area contributed by atoms with Gasteiger partial charge in [0.1, 0.15) is 6.10 Å². The summed E-state index contributed by atoms with van der Waals surface area (Å²) in [5.41, 5.74) is 0.681. The first-order chi connectivity index (χ1) is 7.72. The molecule has 0 saturated carbocycles. The molecule has 1 N–H and O–H groups in total. The first-order valence-corrected chi connectivity index (χ1v) is 5.14. The van der Waals surface area contributed by atoms with Crippen LogP contribution in [0.5, 0.6) is 0 Å². The van der Waals surface area contributed by atoms with Gasteiger partial charge in [-0.25, -0.2) is 4.98 Å². The predicted molar refractivity (Wildman–Crippen MR) is 54.4 cm³/mol. The molecular formula is C10H13N3O3. The second kappa shape index (κ2) is 4.44. The van der Waals surface area contributed by atoms with Gasteiger partial charge >= 0.3 is 0 Å². The number of nitrogens with zero attached hydrogens (tertiary/aromatic N) is 3. The average molecular weight is 223 g/mol. The van der Waals surface area contributed by atoms with Crippen molar-refractivity contribution >= 4 is 0 Å². The summed E-state index contributed by atoms with van der Waals surface area (Å²) in [5.74, 6) is 0.982. The van der Waals surface area contributed by atoms with Gasteiger partial charge in [0.25, 0.3) is 5.89 Å². The third-order valence-corrected chi connectivity index (χ3v) is 2.24. The van der Waals surface area contributed by atoms with Crippen LogP contribution in [0.4, 0.5) is 0 Å². The van der Waals surface area contributed by atoms with Gasteiger partial charge in [-0.2, -0.15) is 4.98 Å². The van der Waals surface area contributed by atoms with Gasteiger partial charge in [-0.05, 0) is 13.3 Å². The lowest BCUT2D eigenvalue weighted by molar-refractivity contribution is 0.153. The molecule has 0 spiro atoms. The molecule has 16 heavy (non-hydrogen) atoms. The molecule has 0 bridgehead atoms. The fourth-order valence-corrected chi connectivity index (χ4v) is 1.37. The molecule has 0 aliphatic rings. The van der Waals surface area contributed by atoms with Gasteiger partial charge in [0.2, 0.25) is 11.6 Å². The molecule has 2 aromatic rings. The molecule has 2 heterocycles. The Morgan fingerprint density at radius 2 is 2.31 bits per heavy atom. The SMILES string of the molecule is CCCC(O)c1noc(-c2ocnc2C)n1. The van der Waals surface area contributed by atoms with E-state index < -0.39 is 6.10 Å². The summed E-state index contributed by atoms with van der Waals surface area (Å²) >= 11 is 0. The average Bonchev–Trinajstić information content (AvgIpc) is 2.86. The Bertz CT molecular complexity index is 463. The van der Waals surface area contributed by atoms with E-state index in [0.29, 0.717) is 17.9 Å². The van der Waals surface area contributed by atoms with Crippen LogP contribution in [0, 0.1) is 6.92 Å². The van der Waals surface area contributed by atoms with Crippen molar-refractivity contribution in [3.05, 3.63) is 17.9 Å². The summed E-state index contributed by atoms with van der Waals surface area (Å²) < 4.78 is 10.1. The lowest BCUT2D eigenvalue weighted by atomic mass is 10.2. The molecule has 0 aliphatic carbocycles. The minimum atomic E-state index is -0.689. The molecule has 1 unspecified atom stereocenters. The molecule has 2 aromatic heterocycles. The summed E-state index contributed by atoms with van der Waals surface area (Å²) in [6, 6.07) is 0. The maximum Gasteiger partial charge on any atom is 0.295 e. The molecular weight excluding hydrogens is 210 g/mol. The minimum absolute atomic E-state index is 0.250. The summed E-state index contributed by atoms with van der Waals surface area (Å²) in [4.78, 5) is 8.00. The van der Waals surface area contributed by atoms with Crippen LogP contribution in [0.2, 0.25) is 0 Å². The molecule has 1 atom stereocenters. The number of aliphatic hydroxyl groups is 1. The Kier molecular flexibility index (Phi) is 3.00. The van der Waals surface area contributed by atoms with Crippen molar-refractivity contribution in [2.75, 3.05) is 0 Å². The van der Waals surface area contributed by atoms with Crippen LogP contribution in [0.3, 0.4) is 0 Å². The topological polar surface area (TPSA) is 85.2 Å². The molecule has 0 aliphatic heterocycles. The van der Waals surface area contributed by atoms with E-state index in [1.54, 1.807) is 6.92 Å². The van der Waals surface area contributed by atoms with Gasteiger partial charge in [0.05, 0.1) is 5.69 Å². The van der Waals surface area contributed by atoms with Gasteiger partial charge in [0.15, 0.2) is 6.39 Å². The molecule has 2 rings (SSSR count). The minimum Gasteiger partial charge on any atom is -0.438 e. The van der Waals surface area contributed by atoms with E-state index in [1.165, 1.54) is 6.39 Å². The monoisotopic (exact) mass is 223 g/mol. The third-order valence-electron chi connectivity index (χ3n) is 2.24. The van der Waals surface area contributed by atoms with Crippen molar-refractivity contribution in [1.82, 2.24) is 15.1 Å². The Labute approximate surface area is 92.3 Å². The first kappa shape index (κ1) is 10.8. The van der Waals surface area contributed by atoms with E-state index in [-0.39, 0.29) is 11.7 Å². The van der Waals surface area contributed by atoms with E-state index in [0.717, 1.165) is 6.42 Å². The zero-order chi connectivity index (χ0) is 11.5. The van der Waals surface area contributed by atoms with Gasteiger partial charge < -0.3 is 14.0 Å². The van der Waals surface area contributed by atoms with E-state index in [9.17, 15) is 5.11 Å². The number of aromatic nitrogens is 3. The lowest BCUT2D eigenvalue weighted by Crippen LogP contribution is -1.98. The van der Waals surface area contributed by atoms with E-state index in [1.807, 2.05) is 6.92 Å². The van der Waals surface area contributed by atoms with Crippen molar-refractivity contribution in [2.24, 2.45) is 0 Å². The molecule has 0 radical (unpaired) electrons. The summed E-state index contributed by atoms with van der Waals surface area (Å²) in [6.45, 7) is 3.76. The van der Waals surface area contributed by atoms with Crippen molar-refractivity contribution in [2.45, 2.75) is 32.8 Å². The van der Waals surface area contributed by atoms with Crippen molar-refractivity contribution in [3.8, 4) is 11.7 Å². The maximum atomic E-state index is 9.67. The van der Waals surface area contributed by atoms with Gasteiger partial charge in [-0.1, -0.05) is 18.5 Å². The fraction of sp³-hybridized carbons (Fsp3) is 0.500. The highest BCUT2D eigenvalue weighted by Crippen LogP contribution is 2.23. The van der Waals surface area contributed by atoms with Crippen LogP contribution < -0.4 is 0 Å². The van der Waals surface area contributed by atoms with E-state index >= 15 is 0 Å². The van der Waals surface area contributed by atoms with E-state index in [4.69, 9.17) is 8.94 Å². The summed E-state index contributed by atoms with van der Waals surface area (Å²) in [6.07, 6.45) is 2.09. The summed E-state index contributed by atoms with van der Waals surface area (Å²) in [5, 5.41) is 13.4. The molecule has 0 amide bonds. The molecule has 0 saturated heterocycles. The predicted octanol–water partition coefficient (Wildman–Crippen LogP) is 1.87. The molecule has 6 heteroatoms. The van der Waals surface area contributed by atoms with Crippen LogP contribution in [-0.2, 0) is 0 Å². The van der Waals surface area contributed by atoms with Crippen LogP contribution >= 0.6 is 0 Å². The summed E-state index contributed by atoms with van der Waals surface area (Å²) in [7, 11) is 0. The Balaban J connectivity index is 2.23. The number of aliphatic hydroxyl groups excluding tert-OH is 1. The Morgan fingerprint density at radius 3 is 2.94 bits per heavy atom. The van der Waals surface area contributed by atoms with Gasteiger partial charge in [0, 0.05) is 0 Å². The molecule has 6 nitrogen and oxygen atoms in total. The van der Waals surface area contributed by atoms with Crippen LogP contribution in [-0.4, -0.2) is 20.2 Å². The number of oxazole rings is 1. The lowest BCUT2D eigenvalue weighted by Gasteiger charge is -2.00. The van der Waals surface area contributed by atoms with Gasteiger partial charge in [-0.3, -0.25) is 0 Å². The second-order valence-corrected chi connectivity index (χ2v) is 3.53. The van der Waals surface area contributed by atoms with Crippen LogP contribution in [0.15, 0.2) is 15.3 Å². The third kappa shape index (κ3) is 1.96. The van der Waals surface area contributed by atoms with Gasteiger partial charge in [-0.15, -0.1) is 0 Å². The first-order valence-electron chi connectivity index (χ1n) is 5.14. The van der Waals surface area contributed by atoms with Crippen molar-refractivity contribution in [1.29, 1.82) is 0 Å². The highest BCUT2D eigenvalue weighted by molar-refractivity contribution is 5.46. The highest BCUT2D eigenvalue weighted by atomic mass is 16.5. The van der Waals surface area contributed by atoms with E-state index in [2.05, 4.69) is 15.1 Å². The normalized spacial score (nSPS) is 12.9. The number of rotatable bonds is 4. The largest absolute Gasteiger partial charge is 0.438 e. The van der Waals surface area contributed by atoms with Crippen LogP contribution in [0.1, 0.15) is 37.4 Å². The molecule has 0 fully saturated rings. The quantitative estimate of drug-likeness (QED) is 0.851. The highest BCUT2D eigenvalue weighted by Gasteiger charge is 2.19. The van der Waals surface area contributed by atoms with Crippen molar-refractivity contribution in [3.63, 3.8) is 0 Å². The Hall–Kier alpha value is -1.69. The second-order valence-electron chi connectivity index (χ2n) is 3.53. The maximum absolute atomic E-state index is 9.67. The number of hydrogen-bond donors (Lipinski definition) is 1. The molecule has 86 valence electrons. The number of hydrogen-bond acceptors (Lipinski definition) is 6. The number of aryl methyl sites for hydroxylation is 1. The van der Waals surface area contributed by atoms with Crippen LogP contribution in [0.25, 0.3) is 11.7 Å². The van der Waals surface area contributed by atoms with Crippen molar-refractivity contribution < 1.29 is 14.0 Å². The Morgan fingerprint density at radius 1 is 1.50 bits per heavy atom. The fourth-order valence-electron chi connectivity index (χ4n) is 1.37. The standard InChI is InChI=1S/C10H13N3O3/c1-3-4-7(14)9-12-10(16-13-9)8-6(2)11-5-15-8/h5,7,14H,3-4H2,1-2H3. The molecule has 0 aromatic carbocycles.